The Bertz CT molecular complexity index is 576. The van der Waals surface area contributed by atoms with Crippen molar-refractivity contribution in [2.75, 3.05) is 6.61 Å². The van der Waals surface area contributed by atoms with Crippen LogP contribution in [0.4, 0.5) is 0 Å². The normalized spacial score (nSPS) is 16.0. The van der Waals surface area contributed by atoms with E-state index >= 15 is 0 Å². The lowest BCUT2D eigenvalue weighted by Crippen LogP contribution is -2.33. The molecule has 116 valence electrons. The number of benzene rings is 1. The van der Waals surface area contributed by atoms with Crippen LogP contribution in [-0.2, 0) is 6.42 Å². The fourth-order valence-corrected chi connectivity index (χ4v) is 2.86. The lowest BCUT2D eigenvalue weighted by Gasteiger charge is -2.35. The van der Waals surface area contributed by atoms with E-state index in [1.54, 1.807) is 0 Å². The van der Waals surface area contributed by atoms with Crippen molar-refractivity contribution in [3.8, 4) is 11.5 Å². The molecule has 0 aliphatic carbocycles. The summed E-state index contributed by atoms with van der Waals surface area (Å²) in [6, 6.07) is 0. The van der Waals surface area contributed by atoms with Crippen molar-refractivity contribution >= 4 is 0 Å². The van der Waals surface area contributed by atoms with Crippen molar-refractivity contribution in [1.82, 2.24) is 0 Å². The largest absolute Gasteiger partial charge is 0.489 e. The molecule has 21 heavy (non-hydrogen) atoms. The molecule has 0 saturated heterocycles. The molecule has 2 rings (SSSR count). The van der Waals surface area contributed by atoms with Gasteiger partial charge in [0.05, 0.1) is 0 Å². The Kier molecular flexibility index (Phi) is 4.36. The monoisotopic (exact) mass is 288 g/mol. The highest BCUT2D eigenvalue weighted by Crippen LogP contribution is 2.43. The third kappa shape index (κ3) is 3.25. The fraction of sp³-hybridized carbons (Fsp3) is 0.579. The predicted molar refractivity (Wildman–Crippen MR) is 88.6 cm³/mol. The molecule has 0 N–H and O–H groups in total. The molecule has 0 saturated carbocycles. The molecule has 1 aliphatic heterocycles. The molecule has 2 nitrogen and oxygen atoms in total. The van der Waals surface area contributed by atoms with Gasteiger partial charge in [-0.1, -0.05) is 5.57 Å². The van der Waals surface area contributed by atoms with Gasteiger partial charge in [0.2, 0.25) is 0 Å². The van der Waals surface area contributed by atoms with Crippen LogP contribution < -0.4 is 9.47 Å². The standard InChI is InChI=1S/C19H28O2/c1-12(2)9-11-20-17-13(3)14(4)18-16(15(17)5)8-10-19(6,7)21-18/h9H,8,10-11H2,1-7H3. The molecular weight excluding hydrogens is 260 g/mol. The molecule has 0 amide bonds. The molecule has 0 fully saturated rings. The van der Waals surface area contributed by atoms with E-state index in [1.165, 1.54) is 27.8 Å². The maximum Gasteiger partial charge on any atom is 0.127 e. The highest BCUT2D eigenvalue weighted by molar-refractivity contribution is 5.59. The second-order valence-electron chi connectivity index (χ2n) is 6.97. The molecule has 0 atom stereocenters. The van der Waals surface area contributed by atoms with Gasteiger partial charge < -0.3 is 9.47 Å². The number of ether oxygens (including phenoxy) is 2. The first-order chi connectivity index (χ1) is 9.73. The number of hydrogen-bond acceptors (Lipinski definition) is 2. The Morgan fingerprint density at radius 3 is 2.43 bits per heavy atom. The van der Waals surface area contributed by atoms with Crippen LogP contribution in [0.5, 0.6) is 11.5 Å². The average Bonchev–Trinajstić information content (AvgIpc) is 2.39. The second-order valence-corrected chi connectivity index (χ2v) is 6.97. The summed E-state index contributed by atoms with van der Waals surface area (Å²) in [5.41, 5.74) is 6.20. The molecule has 1 heterocycles. The zero-order valence-electron chi connectivity index (χ0n) is 14.5. The van der Waals surface area contributed by atoms with Crippen LogP contribution in [0.1, 0.15) is 56.4 Å². The number of allylic oxidation sites excluding steroid dienone is 1. The molecule has 0 aromatic heterocycles. The van der Waals surface area contributed by atoms with Gasteiger partial charge in [-0.2, -0.15) is 0 Å². The zero-order valence-corrected chi connectivity index (χ0v) is 14.5. The number of fused-ring (bicyclic) bond motifs is 1. The highest BCUT2D eigenvalue weighted by Gasteiger charge is 2.30. The smallest absolute Gasteiger partial charge is 0.127 e. The van der Waals surface area contributed by atoms with Crippen molar-refractivity contribution in [2.45, 2.75) is 66.9 Å². The van der Waals surface area contributed by atoms with Gasteiger partial charge in [0, 0.05) is 5.56 Å². The maximum atomic E-state index is 6.24. The van der Waals surface area contributed by atoms with Gasteiger partial charge in [0.25, 0.3) is 0 Å². The van der Waals surface area contributed by atoms with Crippen LogP contribution >= 0.6 is 0 Å². The predicted octanol–water partition coefficient (Wildman–Crippen LogP) is 5.06. The minimum atomic E-state index is -0.0684. The highest BCUT2D eigenvalue weighted by atomic mass is 16.5. The molecule has 1 aromatic carbocycles. The third-order valence-corrected chi connectivity index (χ3v) is 4.39. The fourth-order valence-electron chi connectivity index (χ4n) is 2.86. The van der Waals surface area contributed by atoms with E-state index in [9.17, 15) is 0 Å². The molecular formula is C19H28O2. The summed E-state index contributed by atoms with van der Waals surface area (Å²) in [6.07, 6.45) is 4.23. The van der Waals surface area contributed by atoms with Crippen molar-refractivity contribution in [3.05, 3.63) is 33.9 Å². The Labute approximate surface area is 129 Å². The van der Waals surface area contributed by atoms with Crippen LogP contribution in [-0.4, -0.2) is 12.2 Å². The van der Waals surface area contributed by atoms with Crippen molar-refractivity contribution in [3.63, 3.8) is 0 Å². The van der Waals surface area contributed by atoms with Crippen molar-refractivity contribution in [1.29, 1.82) is 0 Å². The average molecular weight is 288 g/mol. The zero-order chi connectivity index (χ0) is 15.8. The minimum Gasteiger partial charge on any atom is -0.489 e. The van der Waals surface area contributed by atoms with Gasteiger partial charge in [0.15, 0.2) is 0 Å². The summed E-state index contributed by atoms with van der Waals surface area (Å²) in [6.45, 7) is 15.6. The first kappa shape index (κ1) is 15.9. The van der Waals surface area contributed by atoms with Crippen molar-refractivity contribution in [2.24, 2.45) is 0 Å². The summed E-state index contributed by atoms with van der Waals surface area (Å²) < 4.78 is 12.3. The summed E-state index contributed by atoms with van der Waals surface area (Å²) >= 11 is 0. The second kappa shape index (κ2) is 5.75. The molecule has 0 spiro atoms. The van der Waals surface area contributed by atoms with E-state index in [0.717, 1.165) is 24.3 Å². The first-order valence-electron chi connectivity index (χ1n) is 7.81. The summed E-state index contributed by atoms with van der Waals surface area (Å²) in [4.78, 5) is 0. The van der Waals surface area contributed by atoms with Crippen LogP contribution in [0.2, 0.25) is 0 Å². The van der Waals surface area contributed by atoms with Crippen LogP contribution in [0.15, 0.2) is 11.6 Å². The van der Waals surface area contributed by atoms with Gasteiger partial charge >= 0.3 is 0 Å². The van der Waals surface area contributed by atoms with E-state index in [1.807, 2.05) is 0 Å². The lowest BCUT2D eigenvalue weighted by molar-refractivity contribution is 0.0831. The minimum absolute atomic E-state index is 0.0684. The molecule has 2 heteroatoms. The van der Waals surface area contributed by atoms with Gasteiger partial charge in [-0.25, -0.2) is 0 Å². The molecule has 0 unspecified atom stereocenters. The van der Waals surface area contributed by atoms with Crippen LogP contribution in [0.25, 0.3) is 0 Å². The van der Waals surface area contributed by atoms with E-state index in [0.29, 0.717) is 6.61 Å². The van der Waals surface area contributed by atoms with Crippen LogP contribution in [0, 0.1) is 20.8 Å². The molecule has 0 radical (unpaired) electrons. The first-order valence-corrected chi connectivity index (χ1v) is 7.81. The Balaban J connectivity index is 2.42. The van der Waals surface area contributed by atoms with E-state index in [4.69, 9.17) is 9.47 Å². The Hall–Kier alpha value is -1.44. The number of hydrogen-bond donors (Lipinski definition) is 0. The quantitative estimate of drug-likeness (QED) is 0.724. The third-order valence-electron chi connectivity index (χ3n) is 4.39. The summed E-state index contributed by atoms with van der Waals surface area (Å²) in [5.74, 6) is 2.11. The Morgan fingerprint density at radius 2 is 1.81 bits per heavy atom. The van der Waals surface area contributed by atoms with Gasteiger partial charge in [-0.15, -0.1) is 0 Å². The summed E-state index contributed by atoms with van der Waals surface area (Å²) in [7, 11) is 0. The topological polar surface area (TPSA) is 18.5 Å². The van der Waals surface area contributed by atoms with E-state index < -0.39 is 0 Å². The maximum absolute atomic E-state index is 6.24. The SMILES string of the molecule is CC(C)=CCOc1c(C)c(C)c2c(c1C)CCC(C)(C)O2. The summed E-state index contributed by atoms with van der Waals surface area (Å²) in [5, 5.41) is 0. The van der Waals surface area contributed by atoms with E-state index in [-0.39, 0.29) is 5.60 Å². The van der Waals surface area contributed by atoms with Gasteiger partial charge in [0.1, 0.15) is 23.7 Å². The molecule has 1 aromatic rings. The van der Waals surface area contributed by atoms with E-state index in [2.05, 4.69) is 54.5 Å². The lowest BCUT2D eigenvalue weighted by atomic mass is 9.88. The Morgan fingerprint density at radius 1 is 1.14 bits per heavy atom. The van der Waals surface area contributed by atoms with Crippen LogP contribution in [0.3, 0.4) is 0 Å². The van der Waals surface area contributed by atoms with Gasteiger partial charge in [-0.05, 0) is 84.1 Å². The molecule has 1 aliphatic rings. The van der Waals surface area contributed by atoms with Gasteiger partial charge in [-0.3, -0.25) is 0 Å². The number of rotatable bonds is 3. The van der Waals surface area contributed by atoms with Crippen molar-refractivity contribution < 1.29 is 9.47 Å². The molecule has 0 bridgehead atoms.